The molecular weight excluding hydrogens is 360 g/mol. The summed E-state index contributed by atoms with van der Waals surface area (Å²) in [5.74, 6) is -0.760. The van der Waals surface area contributed by atoms with E-state index in [-0.39, 0.29) is 30.8 Å². The van der Waals surface area contributed by atoms with Gasteiger partial charge in [0, 0.05) is 25.1 Å². The smallest absolute Gasteiger partial charge is 0.325 e. The molecule has 0 aromatic heterocycles. The van der Waals surface area contributed by atoms with Crippen LogP contribution in [0.25, 0.3) is 0 Å². The van der Waals surface area contributed by atoms with Crippen LogP contribution in [0.2, 0.25) is 0 Å². The molecule has 5 amide bonds. The molecule has 1 aliphatic carbocycles. The van der Waals surface area contributed by atoms with Gasteiger partial charge in [-0.1, -0.05) is 25.0 Å². The number of rotatable bonds is 8. The zero-order chi connectivity index (χ0) is 20.1. The molecule has 1 aromatic carbocycles. The summed E-state index contributed by atoms with van der Waals surface area (Å²) in [5, 5.41) is 5.65. The lowest BCUT2D eigenvalue weighted by atomic mass is 9.98. The van der Waals surface area contributed by atoms with E-state index in [2.05, 4.69) is 10.6 Å². The molecule has 1 aliphatic heterocycles. The fraction of sp³-hybridized carbons (Fsp3) is 0.500. The number of nitrogens with two attached hydrogens (primary N) is 1. The van der Waals surface area contributed by atoms with Crippen LogP contribution in [0, 0.1) is 0 Å². The van der Waals surface area contributed by atoms with Crippen molar-refractivity contribution in [1.29, 1.82) is 0 Å². The predicted octanol–water partition coefficient (Wildman–Crippen LogP) is 1.09. The van der Waals surface area contributed by atoms with Gasteiger partial charge in [0.1, 0.15) is 5.54 Å². The summed E-state index contributed by atoms with van der Waals surface area (Å²) in [6, 6.07) is 6.64. The number of nitrogens with one attached hydrogen (secondary N) is 2. The van der Waals surface area contributed by atoms with Gasteiger partial charge in [0.25, 0.3) is 5.91 Å². The lowest BCUT2D eigenvalue weighted by molar-refractivity contribution is -0.131. The predicted molar refractivity (Wildman–Crippen MR) is 102 cm³/mol. The molecule has 8 nitrogen and oxygen atoms in total. The summed E-state index contributed by atoms with van der Waals surface area (Å²) in [6.45, 7) is 0.688. The molecule has 1 aromatic rings. The Morgan fingerprint density at radius 2 is 1.96 bits per heavy atom. The monoisotopic (exact) mass is 386 g/mol. The second-order valence-electron chi connectivity index (χ2n) is 7.44. The molecule has 1 saturated heterocycles. The molecule has 8 heteroatoms. The van der Waals surface area contributed by atoms with Crippen LogP contribution in [-0.4, -0.2) is 47.3 Å². The van der Waals surface area contributed by atoms with E-state index in [1.807, 2.05) is 6.07 Å². The van der Waals surface area contributed by atoms with Crippen LogP contribution in [-0.2, 0) is 16.0 Å². The molecule has 0 radical (unpaired) electrons. The first-order valence-electron chi connectivity index (χ1n) is 9.71. The molecule has 28 heavy (non-hydrogen) atoms. The molecule has 1 heterocycles. The first kappa shape index (κ1) is 19.9. The van der Waals surface area contributed by atoms with Crippen LogP contribution in [0.3, 0.4) is 0 Å². The molecule has 2 fully saturated rings. The van der Waals surface area contributed by atoms with Crippen molar-refractivity contribution in [3.63, 3.8) is 0 Å². The van der Waals surface area contributed by atoms with Crippen molar-refractivity contribution in [1.82, 2.24) is 15.5 Å². The first-order chi connectivity index (χ1) is 13.4. The Morgan fingerprint density at radius 3 is 2.68 bits per heavy atom. The van der Waals surface area contributed by atoms with Crippen molar-refractivity contribution >= 4 is 23.8 Å². The van der Waals surface area contributed by atoms with E-state index in [1.54, 1.807) is 18.2 Å². The first-order valence-corrected chi connectivity index (χ1v) is 9.71. The highest BCUT2D eigenvalue weighted by atomic mass is 16.2. The van der Waals surface area contributed by atoms with Gasteiger partial charge in [0.2, 0.25) is 11.8 Å². The number of imide groups is 1. The van der Waals surface area contributed by atoms with Gasteiger partial charge in [-0.25, -0.2) is 4.79 Å². The molecular formula is C20H26N4O4. The van der Waals surface area contributed by atoms with Gasteiger partial charge in [-0.05, 0) is 43.4 Å². The number of urea groups is 1. The van der Waals surface area contributed by atoms with E-state index in [0.29, 0.717) is 37.8 Å². The summed E-state index contributed by atoms with van der Waals surface area (Å²) in [4.78, 5) is 49.1. The molecule has 0 bridgehead atoms. The number of carbonyl (C=O) groups excluding carboxylic acids is 4. The van der Waals surface area contributed by atoms with Crippen LogP contribution in [0.15, 0.2) is 24.3 Å². The number of primary amides is 1. The number of hydrogen-bond acceptors (Lipinski definition) is 4. The van der Waals surface area contributed by atoms with Crippen LogP contribution in [0.1, 0.15) is 54.4 Å². The molecule has 0 atom stereocenters. The maximum Gasteiger partial charge on any atom is 0.325 e. The van der Waals surface area contributed by atoms with Gasteiger partial charge in [-0.3, -0.25) is 19.3 Å². The third kappa shape index (κ3) is 4.32. The Balaban J connectivity index is 1.38. The van der Waals surface area contributed by atoms with Crippen LogP contribution in [0.4, 0.5) is 4.79 Å². The van der Waals surface area contributed by atoms with Crippen LogP contribution >= 0.6 is 0 Å². The lowest BCUT2D eigenvalue weighted by Crippen LogP contribution is -2.44. The molecule has 4 N–H and O–H groups in total. The van der Waals surface area contributed by atoms with Crippen LogP contribution < -0.4 is 16.4 Å². The Labute approximate surface area is 163 Å². The molecule has 1 saturated carbocycles. The Morgan fingerprint density at radius 1 is 1.21 bits per heavy atom. The van der Waals surface area contributed by atoms with E-state index >= 15 is 0 Å². The Kier molecular flexibility index (Phi) is 5.96. The van der Waals surface area contributed by atoms with Crippen molar-refractivity contribution in [3.8, 4) is 0 Å². The second-order valence-corrected chi connectivity index (χ2v) is 7.44. The number of carbonyl (C=O) groups is 4. The molecule has 0 unspecified atom stereocenters. The minimum atomic E-state index is -0.696. The van der Waals surface area contributed by atoms with E-state index in [9.17, 15) is 19.2 Å². The summed E-state index contributed by atoms with van der Waals surface area (Å²) >= 11 is 0. The van der Waals surface area contributed by atoms with Crippen molar-refractivity contribution in [3.05, 3.63) is 35.4 Å². The van der Waals surface area contributed by atoms with Gasteiger partial charge in [0.05, 0.1) is 0 Å². The second kappa shape index (κ2) is 8.41. The Hall–Kier alpha value is -2.90. The summed E-state index contributed by atoms with van der Waals surface area (Å²) < 4.78 is 0. The molecule has 1 spiro atoms. The van der Waals surface area contributed by atoms with E-state index in [1.165, 1.54) is 4.90 Å². The summed E-state index contributed by atoms with van der Waals surface area (Å²) in [6.07, 6.45) is 4.55. The number of benzene rings is 1. The minimum Gasteiger partial charge on any atom is -0.366 e. The van der Waals surface area contributed by atoms with Gasteiger partial charge in [-0.2, -0.15) is 0 Å². The van der Waals surface area contributed by atoms with E-state index in [0.717, 1.165) is 18.4 Å². The maximum absolute atomic E-state index is 12.5. The molecule has 3 rings (SSSR count). The Bertz CT molecular complexity index is 786. The van der Waals surface area contributed by atoms with Crippen molar-refractivity contribution in [2.24, 2.45) is 5.73 Å². The summed E-state index contributed by atoms with van der Waals surface area (Å²) in [7, 11) is 0. The van der Waals surface area contributed by atoms with Crippen LogP contribution in [0.5, 0.6) is 0 Å². The molecule has 150 valence electrons. The lowest BCUT2D eigenvalue weighted by Gasteiger charge is -2.19. The molecule has 2 aliphatic rings. The van der Waals surface area contributed by atoms with Gasteiger partial charge >= 0.3 is 6.03 Å². The quantitative estimate of drug-likeness (QED) is 0.579. The average molecular weight is 386 g/mol. The number of hydrogen-bond donors (Lipinski definition) is 3. The van der Waals surface area contributed by atoms with E-state index in [4.69, 9.17) is 5.73 Å². The highest BCUT2D eigenvalue weighted by molar-refractivity contribution is 6.07. The highest BCUT2D eigenvalue weighted by Gasteiger charge is 2.51. The average Bonchev–Trinajstić information content (AvgIpc) is 3.22. The largest absolute Gasteiger partial charge is 0.366 e. The van der Waals surface area contributed by atoms with Crippen molar-refractivity contribution < 1.29 is 19.2 Å². The maximum atomic E-state index is 12.5. The van der Waals surface area contributed by atoms with Crippen molar-refractivity contribution in [2.75, 3.05) is 13.1 Å². The number of nitrogens with zero attached hydrogens (tertiary/aromatic N) is 1. The SMILES string of the molecule is NC(=O)c1cccc(CCNC(=O)CCCN2C(=O)NC3(CCCC3)C2=O)c1. The highest BCUT2D eigenvalue weighted by Crippen LogP contribution is 2.35. The van der Waals surface area contributed by atoms with E-state index < -0.39 is 11.4 Å². The zero-order valence-corrected chi connectivity index (χ0v) is 15.8. The zero-order valence-electron chi connectivity index (χ0n) is 15.8. The normalized spacial score (nSPS) is 17.8. The standard InChI is InChI=1S/C20H26N4O4/c21-17(26)15-6-3-5-14(13-15)8-11-22-16(25)7-4-12-24-18(27)20(23-19(24)28)9-1-2-10-20/h3,5-6,13H,1-2,4,7-12H2,(H2,21,26)(H,22,25)(H,23,28). The summed E-state index contributed by atoms with van der Waals surface area (Å²) in [5.41, 5.74) is 5.92. The fourth-order valence-electron chi connectivity index (χ4n) is 3.91. The third-order valence-electron chi connectivity index (χ3n) is 5.44. The third-order valence-corrected chi connectivity index (χ3v) is 5.44. The number of amides is 5. The van der Waals surface area contributed by atoms with Crippen molar-refractivity contribution in [2.45, 2.75) is 50.5 Å². The van der Waals surface area contributed by atoms with Gasteiger partial charge < -0.3 is 16.4 Å². The van der Waals surface area contributed by atoms with Gasteiger partial charge in [0.15, 0.2) is 0 Å². The fourth-order valence-corrected chi connectivity index (χ4v) is 3.91. The topological polar surface area (TPSA) is 122 Å². The minimum absolute atomic E-state index is 0.131. The van der Waals surface area contributed by atoms with Gasteiger partial charge in [-0.15, -0.1) is 0 Å².